The Morgan fingerprint density at radius 1 is 1.08 bits per heavy atom. The van der Waals surface area contributed by atoms with Crippen molar-refractivity contribution in [3.8, 4) is 5.75 Å². The van der Waals surface area contributed by atoms with Crippen molar-refractivity contribution in [3.63, 3.8) is 0 Å². The Morgan fingerprint density at radius 3 is 2.42 bits per heavy atom. The number of nitrogens with one attached hydrogen (secondary N) is 1. The van der Waals surface area contributed by atoms with E-state index in [9.17, 15) is 4.79 Å². The molecular weight excluding hydrogens is 322 g/mol. The lowest BCUT2D eigenvalue weighted by Crippen LogP contribution is -2.11. The highest BCUT2D eigenvalue weighted by Crippen LogP contribution is 2.17. The third-order valence-corrected chi connectivity index (χ3v) is 4.40. The molecule has 0 unspecified atom stereocenters. The van der Waals surface area contributed by atoms with Gasteiger partial charge in [-0.1, -0.05) is 12.1 Å². The molecule has 2 aromatic carbocycles. The monoisotopic (exact) mass is 345 g/mol. The van der Waals surface area contributed by atoms with Gasteiger partial charge in [0.1, 0.15) is 5.75 Å². The molecule has 2 rings (SSSR count). The second-order valence-electron chi connectivity index (χ2n) is 5.13. The van der Waals surface area contributed by atoms with Gasteiger partial charge < -0.3 is 14.8 Å². The molecule has 1 N–H and O–H groups in total. The second-order valence-corrected chi connectivity index (χ2v) is 6.23. The lowest BCUT2D eigenvalue weighted by molar-refractivity contribution is 0.102. The number of ether oxygens (including phenoxy) is 2. The summed E-state index contributed by atoms with van der Waals surface area (Å²) in [5.41, 5.74) is 2.60. The zero-order chi connectivity index (χ0) is 17.2. The van der Waals surface area contributed by atoms with E-state index in [1.165, 1.54) is 5.56 Å². The molecule has 0 saturated carbocycles. The summed E-state index contributed by atoms with van der Waals surface area (Å²) in [6.45, 7) is 3.54. The minimum absolute atomic E-state index is 0.115. The van der Waals surface area contributed by atoms with Crippen molar-refractivity contribution < 1.29 is 14.3 Å². The highest BCUT2D eigenvalue weighted by Gasteiger charge is 2.06. The van der Waals surface area contributed by atoms with E-state index < -0.39 is 0 Å². The van der Waals surface area contributed by atoms with E-state index in [4.69, 9.17) is 9.47 Å². The van der Waals surface area contributed by atoms with Gasteiger partial charge in [-0.25, -0.2) is 0 Å². The first kappa shape index (κ1) is 18.4. The fourth-order valence-electron chi connectivity index (χ4n) is 2.08. The normalized spacial score (nSPS) is 10.4. The predicted octanol–water partition coefficient (Wildman–Crippen LogP) is 4.22. The number of thioether (sulfide) groups is 1. The summed E-state index contributed by atoms with van der Waals surface area (Å²) in [6.07, 6.45) is 0. The van der Waals surface area contributed by atoms with Crippen molar-refractivity contribution >= 4 is 23.4 Å². The Labute approximate surface area is 147 Å². The molecule has 4 nitrogen and oxygen atoms in total. The van der Waals surface area contributed by atoms with E-state index in [0.29, 0.717) is 5.56 Å². The van der Waals surface area contributed by atoms with E-state index in [1.807, 2.05) is 67.2 Å². The summed E-state index contributed by atoms with van der Waals surface area (Å²) in [6, 6.07) is 15.0. The van der Waals surface area contributed by atoms with Gasteiger partial charge in [0.15, 0.2) is 0 Å². The van der Waals surface area contributed by atoms with Crippen LogP contribution in [-0.2, 0) is 10.5 Å². The maximum absolute atomic E-state index is 12.2. The van der Waals surface area contributed by atoms with Crippen LogP contribution >= 0.6 is 11.8 Å². The van der Waals surface area contributed by atoms with Crippen LogP contribution in [0.3, 0.4) is 0 Å². The van der Waals surface area contributed by atoms with Crippen molar-refractivity contribution in [2.75, 3.05) is 31.4 Å². The Balaban J connectivity index is 1.83. The van der Waals surface area contributed by atoms with Gasteiger partial charge in [0.05, 0.1) is 13.7 Å². The lowest BCUT2D eigenvalue weighted by Gasteiger charge is -2.07. The molecule has 5 heteroatoms. The first-order chi connectivity index (χ1) is 11.7. The molecule has 0 saturated heterocycles. The number of methoxy groups -OCH3 is 1. The maximum Gasteiger partial charge on any atom is 0.255 e. The van der Waals surface area contributed by atoms with E-state index in [0.717, 1.165) is 36.2 Å². The molecular formula is C19H23NO3S. The van der Waals surface area contributed by atoms with Crippen LogP contribution in [0.5, 0.6) is 5.75 Å². The van der Waals surface area contributed by atoms with E-state index >= 15 is 0 Å². The van der Waals surface area contributed by atoms with Crippen LogP contribution < -0.4 is 10.1 Å². The fraction of sp³-hybridized carbons (Fsp3) is 0.316. The molecule has 0 aromatic heterocycles. The Bertz CT molecular complexity index is 626. The predicted molar refractivity (Wildman–Crippen MR) is 100 cm³/mol. The average molecular weight is 345 g/mol. The summed E-state index contributed by atoms with van der Waals surface area (Å²) in [5.74, 6) is 2.55. The maximum atomic E-state index is 12.2. The first-order valence-electron chi connectivity index (χ1n) is 7.92. The van der Waals surface area contributed by atoms with E-state index in [2.05, 4.69) is 5.32 Å². The molecule has 0 atom stereocenters. The molecule has 0 aliphatic carbocycles. The van der Waals surface area contributed by atoms with Crippen LogP contribution in [0.1, 0.15) is 22.8 Å². The van der Waals surface area contributed by atoms with E-state index in [1.54, 1.807) is 7.11 Å². The van der Waals surface area contributed by atoms with Crippen LogP contribution in [-0.4, -0.2) is 32.0 Å². The van der Waals surface area contributed by atoms with Crippen LogP contribution in [0.15, 0.2) is 48.5 Å². The van der Waals surface area contributed by atoms with Crippen molar-refractivity contribution in [3.05, 3.63) is 59.7 Å². The van der Waals surface area contributed by atoms with Gasteiger partial charge in [0, 0.05) is 29.4 Å². The lowest BCUT2D eigenvalue weighted by atomic mass is 10.1. The van der Waals surface area contributed by atoms with Crippen molar-refractivity contribution in [1.82, 2.24) is 0 Å². The first-order valence-corrected chi connectivity index (χ1v) is 9.08. The third kappa shape index (κ3) is 5.91. The zero-order valence-corrected chi connectivity index (χ0v) is 14.9. The minimum Gasteiger partial charge on any atom is -0.497 e. The van der Waals surface area contributed by atoms with Crippen molar-refractivity contribution in [2.24, 2.45) is 0 Å². The highest BCUT2D eigenvalue weighted by molar-refractivity contribution is 7.98. The number of hydrogen-bond donors (Lipinski definition) is 1. The number of rotatable bonds is 9. The largest absolute Gasteiger partial charge is 0.497 e. The number of carbonyl (C=O) groups excluding carboxylic acids is 1. The second kappa shape index (κ2) is 10.0. The van der Waals surface area contributed by atoms with Gasteiger partial charge in [-0.15, -0.1) is 0 Å². The van der Waals surface area contributed by atoms with E-state index in [-0.39, 0.29) is 5.91 Å². The SMILES string of the molecule is CCOCCSCc1ccc(C(=O)Nc2ccc(OC)cc2)cc1. The molecule has 0 spiro atoms. The molecule has 0 heterocycles. The molecule has 0 bridgehead atoms. The number of anilines is 1. The molecule has 0 aliphatic rings. The standard InChI is InChI=1S/C19H23NO3S/c1-3-23-12-13-24-14-15-4-6-16(7-5-15)19(21)20-17-8-10-18(22-2)11-9-17/h4-11H,3,12-14H2,1-2H3,(H,20,21). The summed E-state index contributed by atoms with van der Waals surface area (Å²) in [4.78, 5) is 12.2. The third-order valence-electron chi connectivity index (χ3n) is 3.41. The Hall–Kier alpha value is -1.98. The molecule has 0 aliphatic heterocycles. The summed E-state index contributed by atoms with van der Waals surface area (Å²) in [5, 5.41) is 2.88. The molecule has 128 valence electrons. The van der Waals surface area contributed by atoms with Crippen LogP contribution in [0.4, 0.5) is 5.69 Å². The topological polar surface area (TPSA) is 47.6 Å². The van der Waals surface area contributed by atoms with Gasteiger partial charge >= 0.3 is 0 Å². The summed E-state index contributed by atoms with van der Waals surface area (Å²) >= 11 is 1.83. The minimum atomic E-state index is -0.115. The van der Waals surface area contributed by atoms with Gasteiger partial charge in [0.25, 0.3) is 5.91 Å². The molecule has 1 amide bonds. The number of carbonyl (C=O) groups is 1. The number of benzene rings is 2. The van der Waals surface area contributed by atoms with Crippen LogP contribution in [0.2, 0.25) is 0 Å². The van der Waals surface area contributed by atoms with Gasteiger partial charge in [0.2, 0.25) is 0 Å². The smallest absolute Gasteiger partial charge is 0.255 e. The Kier molecular flexibility index (Phi) is 7.65. The number of amides is 1. The molecule has 0 fully saturated rings. The molecule has 24 heavy (non-hydrogen) atoms. The Morgan fingerprint density at radius 2 is 1.79 bits per heavy atom. The quantitative estimate of drug-likeness (QED) is 0.691. The van der Waals surface area contributed by atoms with Crippen molar-refractivity contribution in [1.29, 1.82) is 0 Å². The van der Waals surface area contributed by atoms with Crippen LogP contribution in [0.25, 0.3) is 0 Å². The average Bonchev–Trinajstić information content (AvgIpc) is 2.62. The van der Waals surface area contributed by atoms with Gasteiger partial charge in [-0.2, -0.15) is 11.8 Å². The summed E-state index contributed by atoms with van der Waals surface area (Å²) < 4.78 is 10.4. The van der Waals surface area contributed by atoms with Gasteiger partial charge in [-0.05, 0) is 48.9 Å². The number of hydrogen-bond acceptors (Lipinski definition) is 4. The van der Waals surface area contributed by atoms with Crippen molar-refractivity contribution in [2.45, 2.75) is 12.7 Å². The van der Waals surface area contributed by atoms with Gasteiger partial charge in [-0.3, -0.25) is 4.79 Å². The highest BCUT2D eigenvalue weighted by atomic mass is 32.2. The zero-order valence-electron chi connectivity index (χ0n) is 14.1. The fourth-order valence-corrected chi connectivity index (χ4v) is 2.89. The van der Waals surface area contributed by atoms with Crippen LogP contribution in [0, 0.1) is 0 Å². The summed E-state index contributed by atoms with van der Waals surface area (Å²) in [7, 11) is 1.62. The molecule has 2 aromatic rings. The molecule has 0 radical (unpaired) electrons.